The van der Waals surface area contributed by atoms with Gasteiger partial charge in [0.15, 0.2) is 0 Å². The summed E-state index contributed by atoms with van der Waals surface area (Å²) >= 11 is 0. The van der Waals surface area contributed by atoms with Crippen LogP contribution in [0.25, 0.3) is 0 Å². The van der Waals surface area contributed by atoms with Crippen LogP contribution in [0.1, 0.15) is 36.5 Å². The van der Waals surface area contributed by atoms with Gasteiger partial charge in [-0.2, -0.15) is 5.26 Å². The third-order valence-corrected chi connectivity index (χ3v) is 5.66. The summed E-state index contributed by atoms with van der Waals surface area (Å²) in [6, 6.07) is 16.7. The molecule has 1 heterocycles. The monoisotopic (exact) mass is 422 g/mol. The van der Waals surface area contributed by atoms with E-state index < -0.39 is 0 Å². The Balaban J connectivity index is 1.56. The predicted molar refractivity (Wildman–Crippen MR) is 117 cm³/mol. The quantitative estimate of drug-likeness (QED) is 0.742. The van der Waals surface area contributed by atoms with Crippen molar-refractivity contribution in [3.05, 3.63) is 66.0 Å². The molecule has 2 aromatic rings. The Bertz CT molecular complexity index is 919. The molecule has 1 N–H and O–H groups in total. The molecule has 6 nitrogen and oxygen atoms in total. The van der Waals surface area contributed by atoms with Gasteiger partial charge in [-0.3, -0.25) is 14.5 Å². The fourth-order valence-corrected chi connectivity index (χ4v) is 3.82. The van der Waals surface area contributed by atoms with Crippen molar-refractivity contribution in [2.24, 2.45) is 0 Å². The number of anilines is 1. The third-order valence-electron chi connectivity index (χ3n) is 5.66. The highest BCUT2D eigenvalue weighted by atomic mass is 19.1. The number of hydrogen-bond donors (Lipinski definition) is 1. The van der Waals surface area contributed by atoms with E-state index in [0.29, 0.717) is 25.2 Å². The second-order valence-corrected chi connectivity index (χ2v) is 7.70. The fraction of sp³-hybridized carbons (Fsp3) is 0.375. The molecule has 0 spiro atoms. The highest BCUT2D eigenvalue weighted by molar-refractivity contribution is 5.97. The molecule has 1 saturated heterocycles. The lowest BCUT2D eigenvalue weighted by molar-refractivity contribution is -0.123. The number of carbonyl (C=O) groups is 2. The number of rotatable bonds is 7. The summed E-state index contributed by atoms with van der Waals surface area (Å²) < 4.78 is 13.0. The molecule has 1 unspecified atom stereocenters. The second-order valence-electron chi connectivity index (χ2n) is 7.70. The smallest absolute Gasteiger partial charge is 0.251 e. The van der Waals surface area contributed by atoms with Crippen LogP contribution >= 0.6 is 0 Å². The van der Waals surface area contributed by atoms with Crippen molar-refractivity contribution in [2.75, 3.05) is 24.5 Å². The van der Waals surface area contributed by atoms with Gasteiger partial charge in [0.1, 0.15) is 5.82 Å². The Hall–Kier alpha value is -3.24. The van der Waals surface area contributed by atoms with Crippen molar-refractivity contribution in [3.63, 3.8) is 0 Å². The largest absolute Gasteiger partial charge is 0.349 e. The predicted octanol–water partition coefficient (Wildman–Crippen LogP) is 3.36. The van der Waals surface area contributed by atoms with Crippen LogP contribution in [0.15, 0.2) is 54.6 Å². The van der Waals surface area contributed by atoms with Gasteiger partial charge in [-0.15, -0.1) is 0 Å². The van der Waals surface area contributed by atoms with E-state index in [1.807, 2.05) is 37.3 Å². The Morgan fingerprint density at radius 2 is 1.81 bits per heavy atom. The molecule has 31 heavy (non-hydrogen) atoms. The van der Waals surface area contributed by atoms with Crippen LogP contribution < -0.4 is 10.2 Å². The van der Waals surface area contributed by atoms with Crippen molar-refractivity contribution in [2.45, 2.75) is 38.3 Å². The Labute approximate surface area is 182 Å². The van der Waals surface area contributed by atoms with E-state index >= 15 is 0 Å². The van der Waals surface area contributed by atoms with E-state index in [1.165, 1.54) is 24.3 Å². The number of amides is 2. The van der Waals surface area contributed by atoms with Crippen LogP contribution in [0.4, 0.5) is 10.1 Å². The minimum Gasteiger partial charge on any atom is -0.349 e. The molecule has 3 rings (SSSR count). The average molecular weight is 423 g/mol. The van der Waals surface area contributed by atoms with E-state index in [9.17, 15) is 14.0 Å². The number of para-hydroxylation sites is 1. The summed E-state index contributed by atoms with van der Waals surface area (Å²) in [6.45, 7) is 3.61. The van der Waals surface area contributed by atoms with Crippen LogP contribution in [-0.2, 0) is 4.79 Å². The summed E-state index contributed by atoms with van der Waals surface area (Å²) in [7, 11) is 0. The number of hydrogen-bond acceptors (Lipinski definition) is 4. The number of halogens is 1. The lowest BCUT2D eigenvalue weighted by Gasteiger charge is -2.37. The topological polar surface area (TPSA) is 76.4 Å². The number of carbonyl (C=O) groups excluding carboxylic acids is 2. The summed E-state index contributed by atoms with van der Waals surface area (Å²) in [5, 5.41) is 12.0. The molecule has 0 bridgehead atoms. The van der Waals surface area contributed by atoms with Gasteiger partial charge >= 0.3 is 0 Å². The minimum absolute atomic E-state index is 0.0138. The van der Waals surface area contributed by atoms with Gasteiger partial charge in [-0.25, -0.2) is 4.39 Å². The maximum absolute atomic E-state index is 13.2. The number of nitriles is 1. The molecule has 1 fully saturated rings. The van der Waals surface area contributed by atoms with Crippen molar-refractivity contribution < 1.29 is 14.0 Å². The van der Waals surface area contributed by atoms with Gasteiger partial charge in [0.25, 0.3) is 5.91 Å². The molecule has 1 atom stereocenters. The minimum atomic E-state index is -0.372. The maximum Gasteiger partial charge on any atom is 0.251 e. The zero-order valence-corrected chi connectivity index (χ0v) is 17.6. The lowest BCUT2D eigenvalue weighted by Crippen LogP contribution is -2.52. The summed E-state index contributed by atoms with van der Waals surface area (Å²) in [5.74, 6) is -0.618. The third kappa shape index (κ3) is 5.89. The van der Waals surface area contributed by atoms with Crippen LogP contribution in [0.2, 0.25) is 0 Å². The highest BCUT2D eigenvalue weighted by Crippen LogP contribution is 2.20. The molecule has 0 radical (unpaired) electrons. The van der Waals surface area contributed by atoms with E-state index in [0.717, 1.165) is 18.5 Å². The number of benzene rings is 2. The van der Waals surface area contributed by atoms with Gasteiger partial charge < -0.3 is 10.2 Å². The highest BCUT2D eigenvalue weighted by Gasteiger charge is 2.30. The zero-order valence-electron chi connectivity index (χ0n) is 17.6. The molecule has 1 aliphatic heterocycles. The number of piperidine rings is 1. The number of likely N-dealkylation sites (tertiary alicyclic amines) is 1. The van der Waals surface area contributed by atoms with E-state index in [4.69, 9.17) is 5.26 Å². The first kappa shape index (κ1) is 22.4. The van der Waals surface area contributed by atoms with Crippen LogP contribution in [0.3, 0.4) is 0 Å². The normalized spacial score (nSPS) is 15.6. The van der Waals surface area contributed by atoms with Crippen molar-refractivity contribution in [3.8, 4) is 6.07 Å². The number of nitrogens with one attached hydrogen (secondary N) is 1. The van der Waals surface area contributed by atoms with Crippen molar-refractivity contribution in [1.29, 1.82) is 5.26 Å². The Morgan fingerprint density at radius 1 is 1.16 bits per heavy atom. The first-order chi connectivity index (χ1) is 15.0. The second kappa shape index (κ2) is 10.7. The molecular weight excluding hydrogens is 395 g/mol. The Kier molecular flexibility index (Phi) is 7.74. The first-order valence-electron chi connectivity index (χ1n) is 10.5. The molecule has 2 amide bonds. The van der Waals surface area contributed by atoms with Crippen LogP contribution in [0.5, 0.6) is 0 Å². The van der Waals surface area contributed by atoms with Crippen LogP contribution in [0, 0.1) is 17.1 Å². The summed E-state index contributed by atoms with van der Waals surface area (Å²) in [4.78, 5) is 29.3. The van der Waals surface area contributed by atoms with Gasteiger partial charge in [0, 0.05) is 36.9 Å². The SMILES string of the molecule is CC(C(=O)N(CCC#N)c1ccccc1)N1CCC(NC(=O)c2ccc(F)cc2)CC1. The van der Waals surface area contributed by atoms with E-state index in [1.54, 1.807) is 4.90 Å². The molecule has 1 aliphatic rings. The summed E-state index contributed by atoms with van der Waals surface area (Å²) in [5.41, 5.74) is 1.22. The standard InChI is InChI=1S/C24H27FN4O2/c1-18(24(31)29(15-5-14-26)22-6-3-2-4-7-22)28-16-12-21(13-17-28)27-23(30)19-8-10-20(25)11-9-19/h2-4,6-11,18,21H,5,12-13,15-17H2,1H3,(H,27,30). The summed E-state index contributed by atoms with van der Waals surface area (Å²) in [6.07, 6.45) is 1.73. The van der Waals surface area contributed by atoms with Crippen LogP contribution in [-0.4, -0.2) is 48.4 Å². The lowest BCUT2D eigenvalue weighted by atomic mass is 10.0. The molecular formula is C24H27FN4O2. The van der Waals surface area contributed by atoms with Gasteiger partial charge in [-0.05, 0) is 56.2 Å². The fourth-order valence-electron chi connectivity index (χ4n) is 3.82. The van der Waals surface area contributed by atoms with Gasteiger partial charge in [0.05, 0.1) is 18.5 Å². The maximum atomic E-state index is 13.2. The van der Waals surface area contributed by atoms with Gasteiger partial charge in [0.2, 0.25) is 5.91 Å². The average Bonchev–Trinajstić information content (AvgIpc) is 2.80. The molecule has 0 aromatic heterocycles. The van der Waals surface area contributed by atoms with E-state index in [2.05, 4.69) is 16.3 Å². The van der Waals surface area contributed by atoms with Crippen molar-refractivity contribution >= 4 is 17.5 Å². The molecule has 0 saturated carbocycles. The molecule has 162 valence electrons. The first-order valence-corrected chi connectivity index (χ1v) is 10.5. The Morgan fingerprint density at radius 3 is 2.42 bits per heavy atom. The number of nitrogens with zero attached hydrogens (tertiary/aromatic N) is 3. The molecule has 0 aliphatic carbocycles. The molecule has 7 heteroatoms. The van der Waals surface area contributed by atoms with Crippen molar-refractivity contribution in [1.82, 2.24) is 10.2 Å². The zero-order chi connectivity index (χ0) is 22.2. The van der Waals surface area contributed by atoms with Gasteiger partial charge in [-0.1, -0.05) is 18.2 Å². The molecule has 2 aromatic carbocycles. The van der Waals surface area contributed by atoms with E-state index in [-0.39, 0.29) is 36.1 Å².